The number of H-pyrrole nitrogens is 1. The molecule has 2 aliphatic heterocycles. The van der Waals surface area contributed by atoms with Gasteiger partial charge in [0.05, 0.1) is 31.7 Å². The molecule has 0 spiro atoms. The normalized spacial score (nSPS) is 23.3. The Balaban J connectivity index is 1.34. The Morgan fingerprint density at radius 2 is 1.85 bits per heavy atom. The number of hydrogen-bond acceptors (Lipinski definition) is 6. The predicted molar refractivity (Wildman–Crippen MR) is 151 cm³/mol. The van der Waals surface area contributed by atoms with E-state index in [2.05, 4.69) is 27.3 Å². The Morgan fingerprint density at radius 3 is 2.62 bits per heavy atom. The molecular formula is C30H39N5O4. The third-order valence-corrected chi connectivity index (χ3v) is 7.88. The van der Waals surface area contributed by atoms with Gasteiger partial charge in [-0.15, -0.1) is 0 Å². The first-order valence-corrected chi connectivity index (χ1v) is 13.8. The molecule has 39 heavy (non-hydrogen) atoms. The maximum atomic E-state index is 13.9. The molecule has 2 aliphatic rings. The molecule has 0 bridgehead atoms. The van der Waals surface area contributed by atoms with Gasteiger partial charge in [-0.1, -0.05) is 43.3 Å². The predicted octanol–water partition coefficient (Wildman–Crippen LogP) is 2.83. The van der Waals surface area contributed by atoms with Crippen LogP contribution in [0.2, 0.25) is 0 Å². The number of nitrogens with zero attached hydrogens (tertiary/aromatic N) is 2. The van der Waals surface area contributed by atoms with Crippen LogP contribution in [0.15, 0.2) is 60.8 Å². The maximum absolute atomic E-state index is 13.9. The number of hydrogen-bond donors (Lipinski definition) is 3. The number of fused-ring (bicyclic) bond motifs is 1. The van der Waals surface area contributed by atoms with Crippen molar-refractivity contribution in [3.05, 3.63) is 66.4 Å². The van der Waals surface area contributed by atoms with Crippen molar-refractivity contribution in [3.8, 4) is 0 Å². The monoisotopic (exact) mass is 533 g/mol. The molecule has 3 atom stereocenters. The van der Waals surface area contributed by atoms with Gasteiger partial charge in [-0.25, -0.2) is 0 Å². The number of nitrogens with two attached hydrogens (primary N) is 1. The molecule has 9 nitrogen and oxygen atoms in total. The van der Waals surface area contributed by atoms with Crippen LogP contribution in [-0.4, -0.2) is 80.0 Å². The standard InChI is InChI=1S/C30H39N5O4/c1-20(25-15-32-26-13-7-6-12-24(25)26)28(30(37)34(2)17-27-38-18-22(31)19-39-27)33-29(36)21-9-8-14-35(16-21)23-10-4-3-5-11-23/h3-7,10-13,15,20-22,27-28,32H,8-9,14,16-19,31H2,1-2H3,(H,33,36)/t20-,21?,22?,27?,28-/m1/s1. The fraction of sp³-hybridized carbons (Fsp3) is 0.467. The van der Waals surface area contributed by atoms with Crippen LogP contribution in [0.1, 0.15) is 31.2 Å². The summed E-state index contributed by atoms with van der Waals surface area (Å²) in [4.78, 5) is 34.8. The van der Waals surface area contributed by atoms with Gasteiger partial charge in [0.2, 0.25) is 11.8 Å². The lowest BCUT2D eigenvalue weighted by molar-refractivity contribution is -0.193. The Kier molecular flexibility index (Phi) is 8.50. The molecule has 2 fully saturated rings. The third-order valence-electron chi connectivity index (χ3n) is 7.88. The number of anilines is 1. The first kappa shape index (κ1) is 27.2. The number of nitrogens with one attached hydrogen (secondary N) is 2. The average Bonchev–Trinajstić information content (AvgIpc) is 3.41. The zero-order chi connectivity index (χ0) is 27.4. The summed E-state index contributed by atoms with van der Waals surface area (Å²) in [6.45, 7) is 4.56. The summed E-state index contributed by atoms with van der Waals surface area (Å²) in [6.07, 6.45) is 3.10. The van der Waals surface area contributed by atoms with Crippen molar-refractivity contribution in [1.29, 1.82) is 0 Å². The van der Waals surface area contributed by atoms with Gasteiger partial charge in [0.1, 0.15) is 6.04 Å². The zero-order valence-electron chi connectivity index (χ0n) is 22.7. The number of aromatic nitrogens is 1. The molecular weight excluding hydrogens is 494 g/mol. The van der Waals surface area contributed by atoms with Gasteiger partial charge in [-0.05, 0) is 36.6 Å². The summed E-state index contributed by atoms with van der Waals surface area (Å²) in [5.41, 5.74) is 8.96. The van der Waals surface area contributed by atoms with Crippen LogP contribution < -0.4 is 16.0 Å². The quantitative estimate of drug-likeness (QED) is 0.411. The van der Waals surface area contributed by atoms with Crippen molar-refractivity contribution in [2.24, 2.45) is 11.7 Å². The van der Waals surface area contributed by atoms with E-state index in [1.807, 2.05) is 55.6 Å². The summed E-state index contributed by atoms with van der Waals surface area (Å²) >= 11 is 0. The van der Waals surface area contributed by atoms with Crippen LogP contribution in [-0.2, 0) is 19.1 Å². The minimum absolute atomic E-state index is 0.0924. The number of carbonyl (C=O) groups is 2. The molecule has 5 rings (SSSR count). The summed E-state index contributed by atoms with van der Waals surface area (Å²) < 4.78 is 11.3. The number of piperidine rings is 1. The molecule has 1 aromatic heterocycles. The lowest BCUT2D eigenvalue weighted by atomic mass is 9.90. The molecule has 0 saturated carbocycles. The first-order valence-electron chi connectivity index (χ1n) is 13.8. The van der Waals surface area contributed by atoms with Crippen LogP contribution in [0.25, 0.3) is 10.9 Å². The second kappa shape index (κ2) is 12.2. The molecule has 2 saturated heterocycles. The number of para-hydroxylation sites is 2. The van der Waals surface area contributed by atoms with Crippen molar-refractivity contribution in [1.82, 2.24) is 15.2 Å². The molecule has 3 heterocycles. The molecule has 2 amide bonds. The number of ether oxygens (including phenoxy) is 2. The van der Waals surface area contributed by atoms with E-state index in [1.54, 1.807) is 11.9 Å². The Bertz CT molecular complexity index is 1260. The Hall–Kier alpha value is -3.40. The molecule has 0 radical (unpaired) electrons. The van der Waals surface area contributed by atoms with Gasteiger partial charge in [0, 0.05) is 48.8 Å². The van der Waals surface area contributed by atoms with E-state index in [1.165, 1.54) is 0 Å². The second-order valence-electron chi connectivity index (χ2n) is 10.8. The summed E-state index contributed by atoms with van der Waals surface area (Å²) in [6, 6.07) is 17.3. The van der Waals surface area contributed by atoms with E-state index in [4.69, 9.17) is 15.2 Å². The molecule has 208 valence electrons. The lowest BCUT2D eigenvalue weighted by Crippen LogP contribution is -2.55. The Labute approximate surface area is 229 Å². The van der Waals surface area contributed by atoms with E-state index in [0.29, 0.717) is 19.8 Å². The zero-order valence-corrected chi connectivity index (χ0v) is 22.7. The van der Waals surface area contributed by atoms with E-state index < -0.39 is 12.3 Å². The maximum Gasteiger partial charge on any atom is 0.245 e. The second-order valence-corrected chi connectivity index (χ2v) is 10.8. The summed E-state index contributed by atoms with van der Waals surface area (Å²) in [5.74, 6) is -0.749. The van der Waals surface area contributed by atoms with Crippen molar-refractivity contribution >= 4 is 28.4 Å². The van der Waals surface area contributed by atoms with E-state index in [-0.39, 0.29) is 36.2 Å². The number of likely N-dealkylation sites (N-methyl/N-ethyl adjacent to an activating group) is 1. The number of carbonyl (C=O) groups excluding carboxylic acids is 2. The van der Waals surface area contributed by atoms with Crippen LogP contribution in [0.4, 0.5) is 5.69 Å². The average molecular weight is 534 g/mol. The van der Waals surface area contributed by atoms with Crippen LogP contribution in [0.5, 0.6) is 0 Å². The van der Waals surface area contributed by atoms with Gasteiger partial charge in [0.15, 0.2) is 6.29 Å². The first-order chi connectivity index (χ1) is 18.9. The fourth-order valence-electron chi connectivity index (χ4n) is 5.60. The molecule has 9 heteroatoms. The molecule has 4 N–H and O–H groups in total. The van der Waals surface area contributed by atoms with Gasteiger partial charge in [0.25, 0.3) is 0 Å². The fourth-order valence-corrected chi connectivity index (χ4v) is 5.60. The number of aromatic amines is 1. The number of benzene rings is 2. The summed E-state index contributed by atoms with van der Waals surface area (Å²) in [5, 5.41) is 4.21. The highest BCUT2D eigenvalue weighted by molar-refractivity contribution is 5.91. The van der Waals surface area contributed by atoms with Gasteiger partial charge < -0.3 is 35.3 Å². The smallest absolute Gasteiger partial charge is 0.245 e. The number of rotatable bonds is 8. The van der Waals surface area contributed by atoms with E-state index in [9.17, 15) is 9.59 Å². The van der Waals surface area contributed by atoms with Crippen molar-refractivity contribution in [2.45, 2.75) is 44.1 Å². The minimum Gasteiger partial charge on any atom is -0.371 e. The summed E-state index contributed by atoms with van der Waals surface area (Å²) in [7, 11) is 1.72. The van der Waals surface area contributed by atoms with E-state index in [0.717, 1.165) is 41.5 Å². The van der Waals surface area contributed by atoms with Crippen LogP contribution >= 0.6 is 0 Å². The van der Waals surface area contributed by atoms with E-state index >= 15 is 0 Å². The van der Waals surface area contributed by atoms with Gasteiger partial charge >= 0.3 is 0 Å². The minimum atomic E-state index is -0.750. The van der Waals surface area contributed by atoms with Gasteiger partial charge in [-0.3, -0.25) is 9.59 Å². The molecule has 0 aliphatic carbocycles. The van der Waals surface area contributed by atoms with Crippen molar-refractivity contribution in [2.75, 3.05) is 44.8 Å². The van der Waals surface area contributed by atoms with Crippen molar-refractivity contribution in [3.63, 3.8) is 0 Å². The Morgan fingerprint density at radius 1 is 1.13 bits per heavy atom. The van der Waals surface area contributed by atoms with Crippen LogP contribution in [0, 0.1) is 5.92 Å². The van der Waals surface area contributed by atoms with Gasteiger partial charge in [-0.2, -0.15) is 0 Å². The highest BCUT2D eigenvalue weighted by Gasteiger charge is 2.36. The molecule has 2 aromatic carbocycles. The SMILES string of the molecule is C[C@H](c1c[nH]c2ccccc12)[C@@H](NC(=O)C1CCCN(c2ccccc2)C1)C(=O)N(C)CC1OCC(N)CO1. The molecule has 3 aromatic rings. The number of amides is 2. The third kappa shape index (κ3) is 6.27. The largest absolute Gasteiger partial charge is 0.371 e. The van der Waals surface area contributed by atoms with Crippen LogP contribution in [0.3, 0.4) is 0 Å². The van der Waals surface area contributed by atoms with Crippen molar-refractivity contribution < 1.29 is 19.1 Å². The highest BCUT2D eigenvalue weighted by atomic mass is 16.7. The topological polar surface area (TPSA) is 113 Å². The molecule has 1 unspecified atom stereocenters. The lowest BCUT2D eigenvalue weighted by Gasteiger charge is -2.36. The highest BCUT2D eigenvalue weighted by Crippen LogP contribution is 2.30.